The van der Waals surface area contributed by atoms with Crippen molar-refractivity contribution in [3.05, 3.63) is 36.4 Å². The summed E-state index contributed by atoms with van der Waals surface area (Å²) in [6, 6.07) is 6.41. The third-order valence-electron chi connectivity index (χ3n) is 9.99. The molecular formula is C33H41O20+. The summed E-state index contributed by atoms with van der Waals surface area (Å²) in [5.41, 5.74) is -3.46. The zero-order chi connectivity index (χ0) is 38.8. The Labute approximate surface area is 298 Å². The van der Waals surface area contributed by atoms with Crippen molar-refractivity contribution in [2.45, 2.75) is 104 Å². The first-order valence-electron chi connectivity index (χ1n) is 16.3. The molecule has 4 unspecified atom stereocenters. The highest BCUT2D eigenvalue weighted by molar-refractivity contribution is 5.88. The summed E-state index contributed by atoms with van der Waals surface area (Å²) >= 11 is 0. The number of aromatic hydroxyl groups is 4. The Kier molecular flexibility index (Phi) is 10.7. The van der Waals surface area contributed by atoms with Crippen molar-refractivity contribution < 1.29 is 100.0 Å². The lowest BCUT2D eigenvalue weighted by Crippen LogP contribution is -2.78. The summed E-state index contributed by atoms with van der Waals surface area (Å²) in [5.74, 6) is -3.09. The molecule has 3 aliphatic rings. The molecule has 3 aromatic rings. The number of phenolic OH excluding ortho intramolecular Hbond substituents is 4. The van der Waals surface area contributed by atoms with Gasteiger partial charge in [0.05, 0.1) is 24.3 Å². The van der Waals surface area contributed by atoms with Gasteiger partial charge in [-0.15, -0.1) is 0 Å². The summed E-state index contributed by atoms with van der Waals surface area (Å²) in [4.78, 5) is 0. The maximum absolute atomic E-state index is 12.3. The molecule has 3 fully saturated rings. The van der Waals surface area contributed by atoms with E-state index in [1.807, 2.05) is 0 Å². The Bertz CT molecular complexity index is 1790. The Morgan fingerprint density at radius 1 is 0.736 bits per heavy atom. The van der Waals surface area contributed by atoms with Crippen molar-refractivity contribution in [3.8, 4) is 40.1 Å². The van der Waals surface area contributed by atoms with Crippen LogP contribution in [0.5, 0.6) is 28.7 Å². The molecule has 3 saturated heterocycles. The lowest BCUT2D eigenvalue weighted by atomic mass is 9.75. The minimum Gasteiger partial charge on any atom is -0.507 e. The largest absolute Gasteiger partial charge is 0.507 e. The molecule has 0 amide bonds. The maximum atomic E-state index is 12.3. The fourth-order valence-electron chi connectivity index (χ4n) is 6.92. The molecule has 2 aromatic carbocycles. The summed E-state index contributed by atoms with van der Waals surface area (Å²) < 4.78 is 28.9. The molecule has 0 aliphatic carbocycles. The van der Waals surface area contributed by atoms with Gasteiger partial charge in [0.2, 0.25) is 12.0 Å². The molecule has 6 rings (SSSR count). The molecular weight excluding hydrogens is 716 g/mol. The summed E-state index contributed by atoms with van der Waals surface area (Å²) in [5, 5.41) is 161. The van der Waals surface area contributed by atoms with Gasteiger partial charge in [-0.25, -0.2) is 4.42 Å². The number of ether oxygens (including phenoxy) is 4. The maximum Gasteiger partial charge on any atom is 0.402 e. The van der Waals surface area contributed by atoms with Gasteiger partial charge in [-0.2, -0.15) is 0 Å². The van der Waals surface area contributed by atoms with E-state index in [1.165, 1.54) is 13.0 Å². The molecule has 1 aromatic heterocycles. The molecule has 0 bridgehead atoms. The number of fused-ring (bicyclic) bond motifs is 1. The summed E-state index contributed by atoms with van der Waals surface area (Å²) in [6.07, 6.45) is -30.5. The van der Waals surface area contributed by atoms with Gasteiger partial charge in [0.15, 0.2) is 17.1 Å². The minimum absolute atomic E-state index is 0.0512. The van der Waals surface area contributed by atoms with E-state index in [4.69, 9.17) is 23.4 Å². The first kappa shape index (κ1) is 39.0. The SMILES string of the molecule is C[C@H]1OC(C(O)[C@H]2OC(Oc3cc4c(O)cc(O)cc4[o+]c3-c3ccc(O)c(O)c3)[C@@](O)(C3O[C@H](CO)[C@@H](O)[C@H](O)[C@H]3O)[C@@H](O)[C@@H]2O)[C@@H](O)[C@@H](O)[C@@H]1O. The van der Waals surface area contributed by atoms with Crippen LogP contribution in [-0.2, 0) is 14.2 Å². The van der Waals surface area contributed by atoms with Crippen LogP contribution in [-0.4, -0.2) is 181 Å². The zero-order valence-corrected chi connectivity index (χ0v) is 27.6. The van der Waals surface area contributed by atoms with Crippen molar-refractivity contribution >= 4 is 11.0 Å². The average molecular weight is 758 g/mol. The van der Waals surface area contributed by atoms with Gasteiger partial charge in [0.25, 0.3) is 0 Å². The number of aliphatic hydroxyl groups excluding tert-OH is 10. The molecule has 4 heterocycles. The van der Waals surface area contributed by atoms with Crippen LogP contribution in [0, 0.1) is 0 Å². The van der Waals surface area contributed by atoms with E-state index in [2.05, 4.69) is 0 Å². The van der Waals surface area contributed by atoms with E-state index < -0.39 is 133 Å². The van der Waals surface area contributed by atoms with Crippen molar-refractivity contribution in [2.24, 2.45) is 0 Å². The highest BCUT2D eigenvalue weighted by Crippen LogP contribution is 2.46. The second-order valence-corrected chi connectivity index (χ2v) is 13.4. The molecule has 20 nitrogen and oxygen atoms in total. The predicted molar refractivity (Wildman–Crippen MR) is 171 cm³/mol. The minimum atomic E-state index is -3.24. The van der Waals surface area contributed by atoms with Crippen LogP contribution >= 0.6 is 0 Å². The van der Waals surface area contributed by atoms with E-state index in [0.29, 0.717) is 0 Å². The quantitative estimate of drug-likeness (QED) is 0.0803. The van der Waals surface area contributed by atoms with Gasteiger partial charge < -0.3 is 95.5 Å². The smallest absolute Gasteiger partial charge is 0.402 e. The van der Waals surface area contributed by atoms with Crippen LogP contribution in [0.15, 0.2) is 40.8 Å². The monoisotopic (exact) mass is 757 g/mol. The average Bonchev–Trinajstić information content (AvgIpc) is 3.12. The molecule has 16 atom stereocenters. The zero-order valence-electron chi connectivity index (χ0n) is 27.6. The van der Waals surface area contributed by atoms with E-state index in [0.717, 1.165) is 30.3 Å². The third-order valence-corrected chi connectivity index (χ3v) is 9.99. The molecule has 0 spiro atoms. The second kappa shape index (κ2) is 14.5. The van der Waals surface area contributed by atoms with E-state index >= 15 is 0 Å². The summed E-state index contributed by atoms with van der Waals surface area (Å²) in [6.45, 7) is 0.314. The van der Waals surface area contributed by atoms with Crippen LogP contribution in [0.25, 0.3) is 22.3 Å². The highest BCUT2D eigenvalue weighted by atomic mass is 16.7. The number of hydrogen-bond acceptors (Lipinski definition) is 19. The molecule has 0 saturated carbocycles. The Hall–Kier alpha value is -3.71. The number of rotatable bonds is 7. The number of benzene rings is 2. The molecule has 292 valence electrons. The Balaban J connectivity index is 1.50. The van der Waals surface area contributed by atoms with Crippen LogP contribution in [0.2, 0.25) is 0 Å². The predicted octanol–water partition coefficient (Wildman–Crippen LogP) is -4.17. The van der Waals surface area contributed by atoms with Gasteiger partial charge in [-0.05, 0) is 19.1 Å². The first-order chi connectivity index (χ1) is 24.9. The van der Waals surface area contributed by atoms with Gasteiger partial charge in [-0.1, -0.05) is 0 Å². The lowest BCUT2D eigenvalue weighted by Gasteiger charge is -2.55. The highest BCUT2D eigenvalue weighted by Gasteiger charge is 2.67. The molecule has 0 radical (unpaired) electrons. The number of hydrogen-bond donors (Lipinski definition) is 15. The van der Waals surface area contributed by atoms with Crippen LogP contribution in [0.3, 0.4) is 0 Å². The normalized spacial score (nSPS) is 39.8. The van der Waals surface area contributed by atoms with Crippen molar-refractivity contribution in [3.63, 3.8) is 0 Å². The summed E-state index contributed by atoms with van der Waals surface area (Å²) in [7, 11) is 0. The van der Waals surface area contributed by atoms with Crippen molar-refractivity contribution in [1.29, 1.82) is 0 Å². The Morgan fingerprint density at radius 3 is 2.06 bits per heavy atom. The number of aliphatic hydroxyl groups is 11. The van der Waals surface area contributed by atoms with Gasteiger partial charge in [0, 0.05) is 18.2 Å². The molecule has 53 heavy (non-hydrogen) atoms. The van der Waals surface area contributed by atoms with Gasteiger partial charge in [0.1, 0.15) is 96.2 Å². The van der Waals surface area contributed by atoms with Gasteiger partial charge in [-0.3, -0.25) is 0 Å². The van der Waals surface area contributed by atoms with E-state index in [-0.39, 0.29) is 22.3 Å². The lowest BCUT2D eigenvalue weighted by molar-refractivity contribution is -0.382. The molecule has 20 heteroatoms. The first-order valence-corrected chi connectivity index (χ1v) is 16.3. The standard InChI is InChI=1S/C33H40O20/c1-9-19(39)21(41)23(43)28(49-9)25(45)29-26(46)30(47)33(48,31-24(44)22(42)20(40)18(8-34)51-31)32(53-29)52-17-7-12-14(37)5-11(35)6-16(12)50-27(17)10-2-3-13(36)15(38)4-10/h2-7,9,18-26,28-32,34,39-48H,8H2,1H3,(H3-,35,36,37,38)/p+1/t9-,18-,19-,20-,21+,22+,23+,24-,25?,26-,28?,29-,30+,31?,32?,33+/m1/s1. The topological polar surface area (TPSA) is 352 Å². The fraction of sp³-hybridized carbons (Fsp3) is 0.545. The number of phenols is 4. The molecule has 15 N–H and O–H groups in total. The third kappa shape index (κ3) is 6.59. The van der Waals surface area contributed by atoms with Crippen LogP contribution < -0.4 is 4.74 Å². The van der Waals surface area contributed by atoms with E-state index in [1.54, 1.807) is 0 Å². The second-order valence-electron chi connectivity index (χ2n) is 13.4. The van der Waals surface area contributed by atoms with E-state index in [9.17, 15) is 76.6 Å². The van der Waals surface area contributed by atoms with Crippen LogP contribution in [0.4, 0.5) is 0 Å². The van der Waals surface area contributed by atoms with Crippen LogP contribution in [0.1, 0.15) is 6.92 Å². The van der Waals surface area contributed by atoms with Crippen molar-refractivity contribution in [1.82, 2.24) is 0 Å². The van der Waals surface area contributed by atoms with Gasteiger partial charge >= 0.3 is 11.3 Å². The molecule has 3 aliphatic heterocycles. The fourth-order valence-corrected chi connectivity index (χ4v) is 6.92. The Morgan fingerprint density at radius 2 is 1.40 bits per heavy atom. The van der Waals surface area contributed by atoms with Crippen molar-refractivity contribution in [2.75, 3.05) is 6.61 Å².